The molecule has 116 valence electrons. The van der Waals surface area contributed by atoms with Gasteiger partial charge in [0.2, 0.25) is 0 Å². The lowest BCUT2D eigenvalue weighted by molar-refractivity contribution is 0.0721. The van der Waals surface area contributed by atoms with Crippen LogP contribution in [0.15, 0.2) is 23.3 Å². The zero-order chi connectivity index (χ0) is 15.9. The highest BCUT2D eigenvalue weighted by atomic mass is 16.2. The van der Waals surface area contributed by atoms with Gasteiger partial charge in [0.1, 0.15) is 11.4 Å². The molecule has 6 heteroatoms. The van der Waals surface area contributed by atoms with Crippen molar-refractivity contribution >= 4 is 5.91 Å². The van der Waals surface area contributed by atoms with Crippen LogP contribution in [0.3, 0.4) is 0 Å². The summed E-state index contributed by atoms with van der Waals surface area (Å²) in [7, 11) is 1.90. The molecule has 2 heterocycles. The Kier molecular flexibility index (Phi) is 3.60. The molecule has 22 heavy (non-hydrogen) atoms. The minimum absolute atomic E-state index is 0.204. The third-order valence-corrected chi connectivity index (χ3v) is 4.06. The molecule has 0 aromatic carbocycles. The molecule has 1 saturated carbocycles. The lowest BCUT2D eigenvalue weighted by atomic mass is 10.1. The van der Waals surface area contributed by atoms with Crippen LogP contribution in [-0.4, -0.2) is 31.4 Å². The smallest absolute Gasteiger partial charge is 0.261 e. The molecule has 3 rings (SSSR count). The molecule has 2 aromatic rings. The van der Waals surface area contributed by atoms with Crippen molar-refractivity contribution in [3.05, 3.63) is 51.5 Å². The number of nitrogens with zero attached hydrogens (tertiary/aromatic N) is 3. The summed E-state index contributed by atoms with van der Waals surface area (Å²) in [5.74, 6) is 0.616. The molecule has 0 bridgehead atoms. The van der Waals surface area contributed by atoms with Crippen LogP contribution in [-0.2, 0) is 13.6 Å². The van der Waals surface area contributed by atoms with E-state index in [-0.39, 0.29) is 23.1 Å². The fraction of sp³-hybridized carbons (Fsp3) is 0.438. The summed E-state index contributed by atoms with van der Waals surface area (Å²) < 4.78 is 1.90. The molecule has 1 aliphatic carbocycles. The van der Waals surface area contributed by atoms with Crippen molar-refractivity contribution in [1.29, 1.82) is 0 Å². The Bertz CT molecular complexity index is 771. The molecule has 2 aromatic heterocycles. The Balaban J connectivity index is 1.94. The molecule has 1 fully saturated rings. The Morgan fingerprint density at radius 1 is 1.45 bits per heavy atom. The molecule has 1 amide bonds. The second kappa shape index (κ2) is 5.44. The summed E-state index contributed by atoms with van der Waals surface area (Å²) in [6.45, 7) is 4.05. The number of amides is 1. The number of aromatic nitrogens is 3. The standard InChI is InChI=1S/C16H20N4O2/c1-10-8-11(2)18-15(21)14(10)16(22)20(12-4-5-12)9-13-17-6-7-19(13)3/h6-8,12H,4-5,9H2,1-3H3,(H,18,21). The summed E-state index contributed by atoms with van der Waals surface area (Å²) in [5.41, 5.74) is 1.41. The lowest BCUT2D eigenvalue weighted by Gasteiger charge is -2.22. The van der Waals surface area contributed by atoms with Crippen molar-refractivity contribution in [2.45, 2.75) is 39.3 Å². The van der Waals surface area contributed by atoms with Gasteiger partial charge in [-0.2, -0.15) is 0 Å². The fourth-order valence-corrected chi connectivity index (χ4v) is 2.72. The van der Waals surface area contributed by atoms with Crippen LogP contribution in [0.2, 0.25) is 0 Å². The number of hydrogen-bond donors (Lipinski definition) is 1. The number of nitrogens with one attached hydrogen (secondary N) is 1. The van der Waals surface area contributed by atoms with E-state index < -0.39 is 0 Å². The number of H-pyrrole nitrogens is 1. The Labute approximate surface area is 128 Å². The first-order chi connectivity index (χ1) is 10.5. The quantitative estimate of drug-likeness (QED) is 0.931. The van der Waals surface area contributed by atoms with Crippen molar-refractivity contribution in [2.24, 2.45) is 7.05 Å². The van der Waals surface area contributed by atoms with E-state index in [2.05, 4.69) is 9.97 Å². The SMILES string of the molecule is Cc1cc(C)c(C(=O)N(Cc2nccn2C)C2CC2)c(=O)[nH]1. The first kappa shape index (κ1) is 14.6. The molecule has 0 atom stereocenters. The number of aryl methyl sites for hydroxylation is 3. The molecule has 6 nitrogen and oxygen atoms in total. The predicted molar refractivity (Wildman–Crippen MR) is 82.6 cm³/mol. The van der Waals surface area contributed by atoms with Gasteiger partial charge in [0.25, 0.3) is 11.5 Å². The molecule has 1 N–H and O–H groups in total. The van der Waals surface area contributed by atoms with Crippen molar-refractivity contribution < 1.29 is 4.79 Å². The molecular formula is C16H20N4O2. The highest BCUT2D eigenvalue weighted by molar-refractivity contribution is 5.95. The van der Waals surface area contributed by atoms with Gasteiger partial charge in [-0.05, 0) is 38.3 Å². The van der Waals surface area contributed by atoms with Crippen molar-refractivity contribution in [3.63, 3.8) is 0 Å². The Morgan fingerprint density at radius 2 is 2.18 bits per heavy atom. The van der Waals surface area contributed by atoms with E-state index >= 15 is 0 Å². The zero-order valence-corrected chi connectivity index (χ0v) is 13.1. The van der Waals surface area contributed by atoms with E-state index in [9.17, 15) is 9.59 Å². The van der Waals surface area contributed by atoms with Crippen LogP contribution in [0.4, 0.5) is 0 Å². The number of pyridine rings is 1. The van der Waals surface area contributed by atoms with Crippen LogP contribution < -0.4 is 5.56 Å². The molecule has 1 aliphatic rings. The number of rotatable bonds is 4. The molecule has 0 spiro atoms. The van der Waals surface area contributed by atoms with E-state index in [1.54, 1.807) is 18.0 Å². The molecule has 0 radical (unpaired) electrons. The average molecular weight is 300 g/mol. The van der Waals surface area contributed by atoms with E-state index in [1.807, 2.05) is 30.8 Å². The summed E-state index contributed by atoms with van der Waals surface area (Å²) >= 11 is 0. The molecular weight excluding hydrogens is 280 g/mol. The van der Waals surface area contributed by atoms with E-state index in [1.165, 1.54) is 0 Å². The normalized spacial score (nSPS) is 14.1. The third-order valence-electron chi connectivity index (χ3n) is 4.06. The summed E-state index contributed by atoms with van der Waals surface area (Å²) in [5, 5.41) is 0. The minimum atomic E-state index is -0.312. The van der Waals surface area contributed by atoms with Crippen LogP contribution in [0.5, 0.6) is 0 Å². The number of aromatic amines is 1. The highest BCUT2D eigenvalue weighted by Gasteiger charge is 2.35. The predicted octanol–water partition coefficient (Wildman–Crippen LogP) is 1.53. The third kappa shape index (κ3) is 2.68. The van der Waals surface area contributed by atoms with Crippen molar-refractivity contribution in [2.75, 3.05) is 0 Å². The number of hydrogen-bond acceptors (Lipinski definition) is 3. The fourth-order valence-electron chi connectivity index (χ4n) is 2.72. The van der Waals surface area contributed by atoms with Gasteiger partial charge < -0.3 is 14.5 Å². The van der Waals surface area contributed by atoms with Gasteiger partial charge in [-0.1, -0.05) is 0 Å². The maximum Gasteiger partial charge on any atom is 0.261 e. The minimum Gasteiger partial charge on any atom is -0.337 e. The number of carbonyl (C=O) groups excluding carboxylic acids is 1. The summed E-state index contributed by atoms with van der Waals surface area (Å²) in [6.07, 6.45) is 5.54. The van der Waals surface area contributed by atoms with E-state index in [0.29, 0.717) is 6.54 Å². The van der Waals surface area contributed by atoms with Crippen LogP contribution in [0.1, 0.15) is 40.3 Å². The maximum atomic E-state index is 12.9. The Hall–Kier alpha value is -2.37. The molecule has 0 saturated heterocycles. The van der Waals surface area contributed by atoms with Crippen LogP contribution in [0.25, 0.3) is 0 Å². The monoisotopic (exact) mass is 300 g/mol. The van der Waals surface area contributed by atoms with Gasteiger partial charge in [0.15, 0.2) is 0 Å². The van der Waals surface area contributed by atoms with Gasteiger partial charge in [0, 0.05) is 31.2 Å². The van der Waals surface area contributed by atoms with Crippen molar-refractivity contribution in [3.8, 4) is 0 Å². The average Bonchev–Trinajstić information content (AvgIpc) is 3.18. The van der Waals surface area contributed by atoms with Crippen molar-refractivity contribution in [1.82, 2.24) is 19.4 Å². The topological polar surface area (TPSA) is 71.0 Å². The maximum absolute atomic E-state index is 12.9. The summed E-state index contributed by atoms with van der Waals surface area (Å²) in [6, 6.07) is 2.05. The number of imidazole rings is 1. The second-order valence-corrected chi connectivity index (χ2v) is 5.96. The van der Waals surface area contributed by atoms with Gasteiger partial charge in [-0.3, -0.25) is 9.59 Å². The van der Waals surface area contributed by atoms with Gasteiger partial charge in [-0.25, -0.2) is 4.98 Å². The van der Waals surface area contributed by atoms with Gasteiger partial charge >= 0.3 is 0 Å². The largest absolute Gasteiger partial charge is 0.337 e. The lowest BCUT2D eigenvalue weighted by Crippen LogP contribution is -2.37. The van der Waals surface area contributed by atoms with E-state index in [0.717, 1.165) is 29.9 Å². The van der Waals surface area contributed by atoms with Gasteiger partial charge in [0.05, 0.1) is 6.54 Å². The summed E-state index contributed by atoms with van der Waals surface area (Å²) in [4.78, 5) is 33.9. The number of carbonyl (C=O) groups is 1. The first-order valence-electron chi connectivity index (χ1n) is 7.45. The first-order valence-corrected chi connectivity index (χ1v) is 7.45. The second-order valence-electron chi connectivity index (χ2n) is 5.96. The van der Waals surface area contributed by atoms with Crippen LogP contribution >= 0.6 is 0 Å². The Morgan fingerprint density at radius 3 is 2.73 bits per heavy atom. The van der Waals surface area contributed by atoms with Crippen LogP contribution in [0, 0.1) is 13.8 Å². The molecule has 0 aliphatic heterocycles. The molecule has 0 unspecified atom stereocenters. The van der Waals surface area contributed by atoms with E-state index in [4.69, 9.17) is 0 Å². The van der Waals surface area contributed by atoms with Gasteiger partial charge in [-0.15, -0.1) is 0 Å². The highest BCUT2D eigenvalue weighted by Crippen LogP contribution is 2.29. The zero-order valence-electron chi connectivity index (χ0n) is 13.1.